The van der Waals surface area contributed by atoms with Crippen molar-refractivity contribution in [2.24, 2.45) is 11.8 Å². The molecule has 1 N–H and O–H groups in total. The maximum atomic E-state index is 13.2. The van der Waals surface area contributed by atoms with Gasteiger partial charge in [0.15, 0.2) is 5.78 Å². The molecule has 2 aliphatic heterocycles. The Morgan fingerprint density at radius 2 is 1.82 bits per heavy atom. The van der Waals surface area contributed by atoms with E-state index < -0.39 is 10.0 Å². The van der Waals surface area contributed by atoms with Crippen LogP contribution in [0, 0.1) is 11.8 Å². The fourth-order valence-electron chi connectivity index (χ4n) is 5.33. The molecule has 1 aromatic heterocycles. The predicted octanol–water partition coefficient (Wildman–Crippen LogP) is 3.95. The van der Waals surface area contributed by atoms with E-state index in [0.29, 0.717) is 37.0 Å². The van der Waals surface area contributed by atoms with E-state index in [1.165, 1.54) is 25.3 Å². The summed E-state index contributed by atoms with van der Waals surface area (Å²) in [7, 11) is -3.62. The number of nitrogens with one attached hydrogen (secondary N) is 1. The highest BCUT2D eigenvalue weighted by atomic mass is 32.2. The van der Waals surface area contributed by atoms with Crippen LogP contribution in [-0.4, -0.2) is 62.7 Å². The topological polar surface area (TPSA) is 82.9 Å². The molecule has 0 saturated carbocycles. The van der Waals surface area contributed by atoms with Crippen LogP contribution >= 0.6 is 0 Å². The number of benzene rings is 1. The van der Waals surface area contributed by atoms with Gasteiger partial charge in [0.25, 0.3) is 0 Å². The van der Waals surface area contributed by atoms with Crippen LogP contribution in [0.1, 0.15) is 61.7 Å². The maximum absolute atomic E-state index is 13.2. The highest BCUT2D eigenvalue weighted by Gasteiger charge is 2.32. The van der Waals surface area contributed by atoms with Gasteiger partial charge in [-0.3, -0.25) is 9.69 Å². The Labute approximate surface area is 203 Å². The molecule has 2 fully saturated rings. The van der Waals surface area contributed by atoms with Gasteiger partial charge < -0.3 is 9.73 Å². The average molecular weight is 488 g/mol. The van der Waals surface area contributed by atoms with Gasteiger partial charge in [-0.2, -0.15) is 4.31 Å². The summed E-state index contributed by atoms with van der Waals surface area (Å²) in [5.41, 5.74) is 0.416. The summed E-state index contributed by atoms with van der Waals surface area (Å²) in [6, 6.07) is 10.4. The lowest BCUT2D eigenvalue weighted by Gasteiger charge is -2.34. The summed E-state index contributed by atoms with van der Waals surface area (Å²) in [4.78, 5) is 15.5. The fraction of sp³-hybridized carbons (Fsp3) is 0.577. The molecule has 2 aliphatic rings. The molecule has 2 aromatic rings. The number of Topliss-reactive ketones (excluding diaryl/α,β-unsaturated/α-hetero) is 1. The Balaban J connectivity index is 1.40. The predicted molar refractivity (Wildman–Crippen MR) is 132 cm³/mol. The van der Waals surface area contributed by atoms with Crippen LogP contribution in [0.2, 0.25) is 0 Å². The number of nitrogens with zero attached hydrogens (tertiary/aromatic N) is 2. The molecule has 34 heavy (non-hydrogen) atoms. The number of hydrogen-bond acceptors (Lipinski definition) is 6. The van der Waals surface area contributed by atoms with Crippen LogP contribution < -0.4 is 5.32 Å². The van der Waals surface area contributed by atoms with Crippen LogP contribution in [0.25, 0.3) is 0 Å². The van der Waals surface area contributed by atoms with Crippen LogP contribution in [0.3, 0.4) is 0 Å². The first-order valence-corrected chi connectivity index (χ1v) is 13.9. The molecule has 3 atom stereocenters. The molecule has 7 nitrogen and oxygen atoms in total. The second-order valence-corrected chi connectivity index (χ2v) is 11.9. The summed E-state index contributed by atoms with van der Waals surface area (Å²) in [6.45, 7) is 8.01. The lowest BCUT2D eigenvalue weighted by molar-refractivity contribution is 0.0979. The largest absolute Gasteiger partial charge is 0.468 e. The van der Waals surface area contributed by atoms with Crippen LogP contribution in [-0.2, 0) is 10.0 Å². The minimum atomic E-state index is -3.62. The molecule has 0 amide bonds. The number of sulfonamides is 1. The molecular formula is C26H37N3O4S. The Hall–Kier alpha value is -2.00. The third kappa shape index (κ3) is 5.97. The first-order valence-electron chi connectivity index (χ1n) is 12.5. The van der Waals surface area contributed by atoms with Crippen molar-refractivity contribution in [2.45, 2.75) is 50.5 Å². The normalized spacial score (nSPS) is 23.6. The Morgan fingerprint density at radius 3 is 2.50 bits per heavy atom. The number of furan rings is 1. The quantitative estimate of drug-likeness (QED) is 0.540. The number of likely N-dealkylation sites (tertiary alicyclic amines) is 1. The molecule has 1 aromatic carbocycles. The third-order valence-electron chi connectivity index (χ3n) is 6.96. The van der Waals surface area contributed by atoms with Gasteiger partial charge in [-0.25, -0.2) is 8.42 Å². The SMILES string of the molecule is CC1CC(C)CN(S(=O)(=O)c2cccc(C(=O)CNCC(c3ccco3)N3CCCCC3)c2)C1. The third-order valence-corrected chi connectivity index (χ3v) is 8.78. The van der Waals surface area contributed by atoms with Crippen molar-refractivity contribution in [3.05, 3.63) is 54.0 Å². The number of hydrogen-bond donors (Lipinski definition) is 1. The summed E-state index contributed by atoms with van der Waals surface area (Å²) in [6.07, 6.45) is 6.32. The zero-order valence-corrected chi connectivity index (χ0v) is 21.1. The summed E-state index contributed by atoms with van der Waals surface area (Å²) in [5, 5.41) is 3.29. The summed E-state index contributed by atoms with van der Waals surface area (Å²) >= 11 is 0. The van der Waals surface area contributed by atoms with Crippen molar-refractivity contribution in [1.82, 2.24) is 14.5 Å². The minimum Gasteiger partial charge on any atom is -0.468 e. The maximum Gasteiger partial charge on any atom is 0.243 e. The van der Waals surface area contributed by atoms with Gasteiger partial charge in [0.2, 0.25) is 10.0 Å². The zero-order valence-electron chi connectivity index (χ0n) is 20.3. The molecule has 186 valence electrons. The van der Waals surface area contributed by atoms with E-state index in [-0.39, 0.29) is 23.3 Å². The molecule has 3 heterocycles. The molecule has 0 spiro atoms. The lowest BCUT2D eigenvalue weighted by atomic mass is 9.94. The molecular weight excluding hydrogens is 450 g/mol. The number of carbonyl (C=O) groups is 1. The van der Waals surface area contributed by atoms with Crippen molar-refractivity contribution in [1.29, 1.82) is 0 Å². The highest BCUT2D eigenvalue weighted by Crippen LogP contribution is 2.27. The van der Waals surface area contributed by atoms with E-state index in [1.807, 2.05) is 12.1 Å². The molecule has 0 aliphatic carbocycles. The lowest BCUT2D eigenvalue weighted by Crippen LogP contribution is -2.42. The second-order valence-electron chi connectivity index (χ2n) is 9.98. The van der Waals surface area contributed by atoms with Crippen LogP contribution in [0.4, 0.5) is 0 Å². The molecule has 4 rings (SSSR count). The smallest absolute Gasteiger partial charge is 0.243 e. The highest BCUT2D eigenvalue weighted by molar-refractivity contribution is 7.89. The van der Waals surface area contributed by atoms with Crippen molar-refractivity contribution in [3.8, 4) is 0 Å². The van der Waals surface area contributed by atoms with Crippen molar-refractivity contribution >= 4 is 15.8 Å². The molecule has 2 saturated heterocycles. The van der Waals surface area contributed by atoms with Crippen molar-refractivity contribution in [2.75, 3.05) is 39.3 Å². The van der Waals surface area contributed by atoms with Gasteiger partial charge in [-0.05, 0) is 68.5 Å². The van der Waals surface area contributed by atoms with Gasteiger partial charge >= 0.3 is 0 Å². The van der Waals surface area contributed by atoms with Crippen molar-refractivity contribution < 1.29 is 17.6 Å². The second kappa shape index (κ2) is 11.2. The number of ketones is 1. The van der Waals surface area contributed by atoms with Gasteiger partial charge in [0, 0.05) is 25.2 Å². The van der Waals surface area contributed by atoms with E-state index in [4.69, 9.17) is 4.42 Å². The number of piperidine rings is 2. The number of rotatable bonds is 9. The Morgan fingerprint density at radius 1 is 1.09 bits per heavy atom. The van der Waals surface area contributed by atoms with Crippen molar-refractivity contribution in [3.63, 3.8) is 0 Å². The van der Waals surface area contributed by atoms with Crippen LogP contribution in [0.15, 0.2) is 52.0 Å². The minimum absolute atomic E-state index is 0.0814. The van der Waals surface area contributed by atoms with Gasteiger partial charge in [-0.15, -0.1) is 0 Å². The Bertz CT molecular complexity index is 1040. The molecule has 8 heteroatoms. The van der Waals surface area contributed by atoms with Gasteiger partial charge in [-0.1, -0.05) is 32.4 Å². The molecule has 3 unspecified atom stereocenters. The van der Waals surface area contributed by atoms with E-state index in [1.54, 1.807) is 28.8 Å². The molecule has 0 radical (unpaired) electrons. The van der Waals surface area contributed by atoms with E-state index in [0.717, 1.165) is 25.3 Å². The first kappa shape index (κ1) is 25.1. The average Bonchev–Trinajstić information content (AvgIpc) is 3.36. The fourth-order valence-corrected chi connectivity index (χ4v) is 7.05. The van der Waals surface area contributed by atoms with E-state index in [9.17, 15) is 13.2 Å². The first-order chi connectivity index (χ1) is 16.3. The summed E-state index contributed by atoms with van der Waals surface area (Å²) < 4.78 is 33.7. The van der Waals surface area contributed by atoms with Crippen LogP contribution in [0.5, 0.6) is 0 Å². The number of carbonyl (C=O) groups excluding carboxylic acids is 1. The van der Waals surface area contributed by atoms with Gasteiger partial charge in [0.1, 0.15) is 5.76 Å². The molecule has 0 bridgehead atoms. The summed E-state index contributed by atoms with van der Waals surface area (Å²) in [5.74, 6) is 1.44. The Kier molecular flexibility index (Phi) is 8.24. The monoisotopic (exact) mass is 487 g/mol. The standard InChI is InChI=1S/C26H37N3O4S/c1-20-14-21(2)19-29(18-20)34(31,32)23-9-6-8-22(15-23)25(30)17-27-16-24(26-10-7-13-33-26)28-11-4-3-5-12-28/h6-10,13,15,20-21,24,27H,3-5,11-12,14,16-19H2,1-2H3. The van der Waals surface area contributed by atoms with Gasteiger partial charge in [0.05, 0.1) is 23.7 Å². The van der Waals surface area contributed by atoms with E-state index >= 15 is 0 Å². The van der Waals surface area contributed by atoms with E-state index in [2.05, 4.69) is 24.1 Å². The zero-order chi connectivity index (χ0) is 24.1.